The Bertz CT molecular complexity index is 353. The van der Waals surface area contributed by atoms with Crippen molar-refractivity contribution in [2.24, 2.45) is 0 Å². The summed E-state index contributed by atoms with van der Waals surface area (Å²) in [6.45, 7) is 6.15. The van der Waals surface area contributed by atoms with Crippen molar-refractivity contribution in [2.45, 2.75) is 39.2 Å². The molecule has 0 aliphatic carbocycles. The highest BCUT2D eigenvalue weighted by Crippen LogP contribution is 2.14. The minimum Gasteiger partial charge on any atom is -0.394 e. The van der Waals surface area contributed by atoms with E-state index in [9.17, 15) is 4.79 Å². The quantitative estimate of drug-likeness (QED) is 0.822. The van der Waals surface area contributed by atoms with Gasteiger partial charge in [-0.2, -0.15) is 0 Å². The van der Waals surface area contributed by atoms with Gasteiger partial charge < -0.3 is 10.4 Å². The van der Waals surface area contributed by atoms with E-state index in [4.69, 9.17) is 5.11 Å². The van der Waals surface area contributed by atoms with E-state index in [1.807, 2.05) is 31.2 Å². The van der Waals surface area contributed by atoms with Gasteiger partial charge in [0.05, 0.1) is 12.6 Å². The van der Waals surface area contributed by atoms with Gasteiger partial charge in [0, 0.05) is 5.56 Å². The molecule has 1 aromatic carbocycles. The highest BCUT2D eigenvalue weighted by Gasteiger charge is 2.11. The summed E-state index contributed by atoms with van der Waals surface area (Å²) in [6.07, 6.45) is 0.728. The number of carbonyl (C=O) groups is 1. The van der Waals surface area contributed by atoms with Gasteiger partial charge in [0.1, 0.15) is 0 Å². The number of nitrogens with one attached hydrogen (secondary N) is 1. The van der Waals surface area contributed by atoms with E-state index in [1.165, 1.54) is 5.56 Å². The zero-order valence-electron chi connectivity index (χ0n) is 10.7. The minimum atomic E-state index is -0.160. The maximum Gasteiger partial charge on any atom is 0.251 e. The van der Waals surface area contributed by atoms with Crippen LogP contribution in [0.2, 0.25) is 0 Å². The number of hydrogen-bond donors (Lipinski definition) is 2. The lowest BCUT2D eigenvalue weighted by Gasteiger charge is -2.14. The normalized spacial score (nSPS) is 12.5. The first kappa shape index (κ1) is 13.7. The summed E-state index contributed by atoms with van der Waals surface area (Å²) < 4.78 is 0. The third-order valence-corrected chi connectivity index (χ3v) is 2.89. The van der Waals surface area contributed by atoms with Gasteiger partial charge in [-0.3, -0.25) is 4.79 Å². The van der Waals surface area contributed by atoms with Crippen LogP contribution in [0.15, 0.2) is 24.3 Å². The number of benzene rings is 1. The van der Waals surface area contributed by atoms with Gasteiger partial charge in [-0.15, -0.1) is 0 Å². The molecule has 0 aliphatic rings. The number of aliphatic hydroxyl groups excluding tert-OH is 1. The van der Waals surface area contributed by atoms with Gasteiger partial charge in [0.15, 0.2) is 0 Å². The highest BCUT2D eigenvalue weighted by molar-refractivity contribution is 5.94. The molecule has 0 saturated carbocycles. The monoisotopic (exact) mass is 235 g/mol. The van der Waals surface area contributed by atoms with Crippen molar-refractivity contribution >= 4 is 5.91 Å². The Kier molecular flexibility index (Phi) is 5.16. The van der Waals surface area contributed by atoms with E-state index in [0.29, 0.717) is 11.5 Å². The van der Waals surface area contributed by atoms with Crippen LogP contribution in [-0.4, -0.2) is 23.7 Å². The fraction of sp³-hybridized carbons (Fsp3) is 0.500. The zero-order chi connectivity index (χ0) is 12.8. The van der Waals surface area contributed by atoms with Crippen LogP contribution in [0.4, 0.5) is 0 Å². The molecule has 0 unspecified atom stereocenters. The molecule has 3 heteroatoms. The van der Waals surface area contributed by atoms with Crippen LogP contribution in [0.25, 0.3) is 0 Å². The molecule has 0 aliphatic heterocycles. The summed E-state index contributed by atoms with van der Waals surface area (Å²) in [5.74, 6) is 0.342. The lowest BCUT2D eigenvalue weighted by atomic mass is 10.0. The largest absolute Gasteiger partial charge is 0.394 e. The predicted octanol–water partition coefficient (Wildman–Crippen LogP) is 2.31. The van der Waals surface area contributed by atoms with Gasteiger partial charge in [-0.25, -0.2) is 0 Å². The van der Waals surface area contributed by atoms with Crippen molar-refractivity contribution in [3.8, 4) is 0 Å². The Morgan fingerprint density at radius 1 is 1.29 bits per heavy atom. The molecule has 0 radical (unpaired) electrons. The third kappa shape index (κ3) is 3.86. The molecular formula is C14H21NO2. The molecule has 0 aromatic heterocycles. The van der Waals surface area contributed by atoms with E-state index < -0.39 is 0 Å². The predicted molar refractivity (Wildman–Crippen MR) is 69.2 cm³/mol. The highest BCUT2D eigenvalue weighted by atomic mass is 16.3. The second-order valence-corrected chi connectivity index (χ2v) is 4.54. The second-order valence-electron chi connectivity index (χ2n) is 4.54. The molecule has 3 nitrogen and oxygen atoms in total. The molecular weight excluding hydrogens is 214 g/mol. The van der Waals surface area contributed by atoms with Crippen molar-refractivity contribution in [2.75, 3.05) is 6.61 Å². The van der Waals surface area contributed by atoms with Crippen molar-refractivity contribution in [3.05, 3.63) is 35.4 Å². The van der Waals surface area contributed by atoms with Crippen LogP contribution < -0.4 is 5.32 Å². The molecule has 2 N–H and O–H groups in total. The lowest BCUT2D eigenvalue weighted by Crippen LogP contribution is -2.36. The Balaban J connectivity index is 2.69. The number of amides is 1. The molecule has 0 heterocycles. The van der Waals surface area contributed by atoms with Crippen molar-refractivity contribution in [1.82, 2.24) is 5.32 Å². The van der Waals surface area contributed by atoms with E-state index in [1.54, 1.807) is 0 Å². The summed E-state index contributed by atoms with van der Waals surface area (Å²) in [5, 5.41) is 11.8. The Hall–Kier alpha value is -1.35. The van der Waals surface area contributed by atoms with Crippen LogP contribution in [0, 0.1) is 0 Å². The van der Waals surface area contributed by atoms with E-state index in [0.717, 1.165) is 6.42 Å². The standard InChI is InChI=1S/C14H21NO2/c1-4-13(9-16)15-14(17)12-7-5-11(6-8-12)10(2)3/h5-8,10,13,16H,4,9H2,1-3H3,(H,15,17)/t13-/m0/s1. The maximum absolute atomic E-state index is 11.8. The summed E-state index contributed by atoms with van der Waals surface area (Å²) >= 11 is 0. The molecule has 1 atom stereocenters. The lowest BCUT2D eigenvalue weighted by molar-refractivity contribution is 0.0915. The molecule has 1 aromatic rings. The van der Waals surface area contributed by atoms with Gasteiger partial charge in [0.25, 0.3) is 5.91 Å². The number of rotatable bonds is 5. The zero-order valence-corrected chi connectivity index (χ0v) is 10.7. The molecule has 0 spiro atoms. The summed E-state index contributed by atoms with van der Waals surface area (Å²) in [5.41, 5.74) is 1.86. The van der Waals surface area contributed by atoms with Crippen LogP contribution in [0.1, 0.15) is 49.0 Å². The Labute approximate surface area is 103 Å². The molecule has 1 rings (SSSR count). The van der Waals surface area contributed by atoms with E-state index in [2.05, 4.69) is 19.2 Å². The molecule has 1 amide bonds. The number of hydrogen-bond acceptors (Lipinski definition) is 2. The first-order valence-corrected chi connectivity index (χ1v) is 6.10. The fourth-order valence-electron chi connectivity index (χ4n) is 1.56. The van der Waals surface area contributed by atoms with Crippen LogP contribution >= 0.6 is 0 Å². The summed E-state index contributed by atoms with van der Waals surface area (Å²) in [6, 6.07) is 7.44. The number of carbonyl (C=O) groups excluding carboxylic acids is 1. The molecule has 0 saturated heterocycles. The van der Waals surface area contributed by atoms with Crippen molar-refractivity contribution in [3.63, 3.8) is 0 Å². The van der Waals surface area contributed by atoms with E-state index in [-0.39, 0.29) is 18.6 Å². The SMILES string of the molecule is CC[C@@H](CO)NC(=O)c1ccc(C(C)C)cc1. The van der Waals surface area contributed by atoms with Crippen LogP contribution in [0.5, 0.6) is 0 Å². The van der Waals surface area contributed by atoms with E-state index >= 15 is 0 Å². The first-order chi connectivity index (χ1) is 8.08. The third-order valence-electron chi connectivity index (χ3n) is 2.89. The minimum absolute atomic E-state index is 0.0215. The topological polar surface area (TPSA) is 49.3 Å². The summed E-state index contributed by atoms with van der Waals surface area (Å²) in [7, 11) is 0. The second kappa shape index (κ2) is 6.40. The van der Waals surface area contributed by atoms with Crippen molar-refractivity contribution < 1.29 is 9.90 Å². The number of aliphatic hydroxyl groups is 1. The Morgan fingerprint density at radius 3 is 2.29 bits per heavy atom. The van der Waals surface area contributed by atoms with Crippen molar-refractivity contribution in [1.29, 1.82) is 0 Å². The Morgan fingerprint density at radius 2 is 1.88 bits per heavy atom. The van der Waals surface area contributed by atoms with Crippen LogP contribution in [0.3, 0.4) is 0 Å². The van der Waals surface area contributed by atoms with Gasteiger partial charge in [-0.05, 0) is 30.0 Å². The molecule has 94 valence electrons. The average Bonchev–Trinajstić information content (AvgIpc) is 2.35. The fourth-order valence-corrected chi connectivity index (χ4v) is 1.56. The average molecular weight is 235 g/mol. The molecule has 0 fully saturated rings. The maximum atomic E-state index is 11.8. The van der Waals surface area contributed by atoms with Gasteiger partial charge in [0.2, 0.25) is 0 Å². The molecule has 0 bridgehead atoms. The van der Waals surface area contributed by atoms with Gasteiger partial charge in [-0.1, -0.05) is 32.9 Å². The van der Waals surface area contributed by atoms with Gasteiger partial charge >= 0.3 is 0 Å². The first-order valence-electron chi connectivity index (χ1n) is 6.10. The van der Waals surface area contributed by atoms with Crippen LogP contribution in [-0.2, 0) is 0 Å². The summed E-state index contributed by atoms with van der Waals surface area (Å²) in [4.78, 5) is 11.8. The smallest absolute Gasteiger partial charge is 0.251 e. The molecule has 17 heavy (non-hydrogen) atoms.